The van der Waals surface area contributed by atoms with Crippen molar-refractivity contribution >= 4 is 11.6 Å². The van der Waals surface area contributed by atoms with Gasteiger partial charge in [0, 0.05) is 23.2 Å². The Balaban J connectivity index is 2.12. The van der Waals surface area contributed by atoms with Gasteiger partial charge in [-0.25, -0.2) is 0 Å². The van der Waals surface area contributed by atoms with E-state index in [4.69, 9.17) is 11.6 Å². The second-order valence-corrected chi connectivity index (χ2v) is 6.03. The van der Waals surface area contributed by atoms with Gasteiger partial charge in [-0.3, -0.25) is 4.98 Å². The topological polar surface area (TPSA) is 12.9 Å². The van der Waals surface area contributed by atoms with Crippen LogP contribution < -0.4 is 0 Å². The zero-order valence-electron chi connectivity index (χ0n) is 12.4. The van der Waals surface area contributed by atoms with Crippen LogP contribution in [0.2, 0.25) is 0 Å². The van der Waals surface area contributed by atoms with Crippen LogP contribution in [0.4, 0.5) is 0 Å². The maximum atomic E-state index is 6.49. The summed E-state index contributed by atoms with van der Waals surface area (Å²) in [4.78, 5) is 4.39. The number of alkyl halides is 1. The molecule has 0 aliphatic heterocycles. The third-order valence-corrected chi connectivity index (χ3v) is 4.38. The molecule has 0 saturated heterocycles. The molecule has 0 aliphatic rings. The minimum atomic E-state index is 0.213. The molecule has 1 heterocycles. The fraction of sp³-hybridized carbons (Fsp3) is 0.706. The number of hydrogen-bond donors (Lipinski definition) is 0. The minimum absolute atomic E-state index is 0.213. The highest BCUT2D eigenvalue weighted by molar-refractivity contribution is 6.21. The SMILES string of the molecule is CCCCCCCCCC(Cl)C(C)c1ccccn1. The smallest absolute Gasteiger partial charge is 0.0446 e. The summed E-state index contributed by atoms with van der Waals surface area (Å²) < 4.78 is 0. The average molecular weight is 282 g/mol. The van der Waals surface area contributed by atoms with Gasteiger partial charge in [0.05, 0.1) is 0 Å². The van der Waals surface area contributed by atoms with E-state index in [0.717, 1.165) is 12.1 Å². The largest absolute Gasteiger partial charge is 0.261 e. The van der Waals surface area contributed by atoms with Gasteiger partial charge in [0.15, 0.2) is 0 Å². The lowest BCUT2D eigenvalue weighted by Gasteiger charge is -2.17. The molecule has 0 aliphatic carbocycles. The van der Waals surface area contributed by atoms with E-state index < -0.39 is 0 Å². The van der Waals surface area contributed by atoms with Gasteiger partial charge in [-0.2, -0.15) is 0 Å². The summed E-state index contributed by atoms with van der Waals surface area (Å²) in [6.45, 7) is 4.44. The van der Waals surface area contributed by atoms with Gasteiger partial charge < -0.3 is 0 Å². The number of rotatable bonds is 10. The second-order valence-electron chi connectivity index (χ2n) is 5.47. The van der Waals surface area contributed by atoms with E-state index in [1.54, 1.807) is 0 Å². The highest BCUT2D eigenvalue weighted by Gasteiger charge is 2.16. The lowest BCUT2D eigenvalue weighted by Crippen LogP contribution is -2.11. The van der Waals surface area contributed by atoms with Crippen LogP contribution in [0.3, 0.4) is 0 Å². The van der Waals surface area contributed by atoms with E-state index in [1.165, 1.54) is 44.9 Å². The number of unbranched alkanes of at least 4 members (excludes halogenated alkanes) is 6. The molecular weight excluding hydrogens is 254 g/mol. The van der Waals surface area contributed by atoms with Crippen LogP contribution in [-0.4, -0.2) is 10.4 Å². The minimum Gasteiger partial charge on any atom is -0.261 e. The molecule has 0 radical (unpaired) electrons. The van der Waals surface area contributed by atoms with Crippen LogP contribution in [0.5, 0.6) is 0 Å². The summed E-state index contributed by atoms with van der Waals surface area (Å²) in [5.41, 5.74) is 1.12. The fourth-order valence-electron chi connectivity index (χ4n) is 2.38. The Morgan fingerprint density at radius 1 is 1.05 bits per heavy atom. The Labute approximate surface area is 123 Å². The van der Waals surface area contributed by atoms with Crippen molar-refractivity contribution in [3.63, 3.8) is 0 Å². The monoisotopic (exact) mass is 281 g/mol. The Morgan fingerprint density at radius 3 is 2.37 bits per heavy atom. The molecule has 1 rings (SSSR count). The molecule has 1 aromatic heterocycles. The van der Waals surface area contributed by atoms with Crippen LogP contribution >= 0.6 is 11.6 Å². The summed E-state index contributed by atoms with van der Waals surface area (Å²) >= 11 is 6.49. The molecular formula is C17H28ClN. The lowest BCUT2D eigenvalue weighted by molar-refractivity contribution is 0.544. The summed E-state index contributed by atoms with van der Waals surface area (Å²) in [7, 11) is 0. The summed E-state index contributed by atoms with van der Waals surface area (Å²) in [5.74, 6) is 0.350. The van der Waals surface area contributed by atoms with Crippen molar-refractivity contribution in [3.05, 3.63) is 30.1 Å². The van der Waals surface area contributed by atoms with Crippen LogP contribution in [-0.2, 0) is 0 Å². The van der Waals surface area contributed by atoms with Crippen LogP contribution in [0, 0.1) is 0 Å². The molecule has 108 valence electrons. The first-order chi connectivity index (χ1) is 9.25. The fourth-order valence-corrected chi connectivity index (χ4v) is 2.66. The zero-order chi connectivity index (χ0) is 13.9. The lowest BCUT2D eigenvalue weighted by atomic mass is 9.97. The number of hydrogen-bond acceptors (Lipinski definition) is 1. The molecule has 1 aromatic rings. The predicted molar refractivity (Wildman–Crippen MR) is 84.9 cm³/mol. The first-order valence-electron chi connectivity index (χ1n) is 7.80. The van der Waals surface area contributed by atoms with E-state index in [2.05, 4.69) is 24.9 Å². The first kappa shape index (κ1) is 16.5. The standard InChI is InChI=1S/C17H28ClN/c1-3-4-5-6-7-8-9-12-16(18)15(2)17-13-10-11-14-19-17/h10-11,13-16H,3-9,12H2,1-2H3. The summed E-state index contributed by atoms with van der Waals surface area (Å²) in [6.07, 6.45) is 12.4. The number of aromatic nitrogens is 1. The van der Waals surface area contributed by atoms with Crippen molar-refractivity contribution in [2.24, 2.45) is 0 Å². The molecule has 0 aromatic carbocycles. The average Bonchev–Trinajstić information content (AvgIpc) is 2.46. The molecule has 0 fully saturated rings. The molecule has 0 amide bonds. The molecule has 0 spiro atoms. The van der Waals surface area contributed by atoms with Crippen LogP contribution in [0.15, 0.2) is 24.4 Å². The Hall–Kier alpha value is -0.560. The van der Waals surface area contributed by atoms with Crippen molar-refractivity contribution in [3.8, 4) is 0 Å². The Bertz CT molecular complexity index is 312. The molecule has 0 N–H and O–H groups in total. The van der Waals surface area contributed by atoms with E-state index in [0.29, 0.717) is 5.92 Å². The van der Waals surface area contributed by atoms with Gasteiger partial charge in [0.25, 0.3) is 0 Å². The van der Waals surface area contributed by atoms with Crippen molar-refractivity contribution in [2.45, 2.75) is 76.5 Å². The Morgan fingerprint density at radius 2 is 1.74 bits per heavy atom. The Kier molecular flexibility index (Phi) is 8.90. The molecule has 2 atom stereocenters. The molecule has 2 unspecified atom stereocenters. The van der Waals surface area contributed by atoms with E-state index in [9.17, 15) is 0 Å². The van der Waals surface area contributed by atoms with Gasteiger partial charge in [0.1, 0.15) is 0 Å². The quantitative estimate of drug-likeness (QED) is 0.382. The van der Waals surface area contributed by atoms with Gasteiger partial charge in [0.2, 0.25) is 0 Å². The molecule has 2 heteroatoms. The number of nitrogens with zero attached hydrogens (tertiary/aromatic N) is 1. The van der Waals surface area contributed by atoms with Gasteiger partial charge in [-0.1, -0.05) is 64.9 Å². The summed E-state index contributed by atoms with van der Waals surface area (Å²) in [5, 5.41) is 0.213. The highest BCUT2D eigenvalue weighted by Crippen LogP contribution is 2.25. The maximum absolute atomic E-state index is 6.49. The van der Waals surface area contributed by atoms with Gasteiger partial charge in [-0.05, 0) is 18.6 Å². The molecule has 1 nitrogen and oxygen atoms in total. The summed E-state index contributed by atoms with van der Waals surface area (Å²) in [6, 6.07) is 6.07. The second kappa shape index (κ2) is 10.3. The first-order valence-corrected chi connectivity index (χ1v) is 8.24. The van der Waals surface area contributed by atoms with Crippen molar-refractivity contribution in [2.75, 3.05) is 0 Å². The predicted octanol–water partition coefficient (Wildman–Crippen LogP) is 5.93. The van der Waals surface area contributed by atoms with Gasteiger partial charge >= 0.3 is 0 Å². The number of halogens is 1. The molecule has 0 bridgehead atoms. The van der Waals surface area contributed by atoms with Crippen molar-refractivity contribution < 1.29 is 0 Å². The highest BCUT2D eigenvalue weighted by atomic mass is 35.5. The zero-order valence-corrected chi connectivity index (χ0v) is 13.2. The molecule has 0 saturated carbocycles. The maximum Gasteiger partial charge on any atom is 0.0446 e. The van der Waals surface area contributed by atoms with Crippen LogP contribution in [0.25, 0.3) is 0 Å². The van der Waals surface area contributed by atoms with E-state index in [-0.39, 0.29) is 5.38 Å². The third kappa shape index (κ3) is 6.96. The van der Waals surface area contributed by atoms with Crippen molar-refractivity contribution in [1.29, 1.82) is 0 Å². The number of pyridine rings is 1. The molecule has 19 heavy (non-hydrogen) atoms. The van der Waals surface area contributed by atoms with Crippen LogP contribution in [0.1, 0.15) is 76.8 Å². The van der Waals surface area contributed by atoms with E-state index >= 15 is 0 Å². The van der Waals surface area contributed by atoms with Gasteiger partial charge in [-0.15, -0.1) is 11.6 Å². The normalized spacial score (nSPS) is 14.3. The van der Waals surface area contributed by atoms with Crippen molar-refractivity contribution in [1.82, 2.24) is 4.98 Å². The third-order valence-electron chi connectivity index (χ3n) is 3.78. The van der Waals surface area contributed by atoms with E-state index in [1.807, 2.05) is 18.3 Å².